The van der Waals surface area contributed by atoms with Crippen LogP contribution in [0.5, 0.6) is 0 Å². The Morgan fingerprint density at radius 2 is 2.33 bits per heavy atom. The summed E-state index contributed by atoms with van der Waals surface area (Å²) in [6, 6.07) is 2.84. The third-order valence-corrected chi connectivity index (χ3v) is 4.30. The van der Waals surface area contributed by atoms with Crippen molar-refractivity contribution in [1.29, 1.82) is 0 Å². The lowest BCUT2D eigenvalue weighted by Gasteiger charge is -2.23. The van der Waals surface area contributed by atoms with E-state index in [1.165, 1.54) is 18.3 Å². The van der Waals surface area contributed by atoms with Gasteiger partial charge < -0.3 is 10.1 Å². The second-order valence-electron chi connectivity index (χ2n) is 4.16. The van der Waals surface area contributed by atoms with Gasteiger partial charge in [-0.3, -0.25) is 0 Å². The first-order valence-corrected chi connectivity index (χ1v) is 7.34. The maximum Gasteiger partial charge on any atom is 0.241 e. The van der Waals surface area contributed by atoms with Gasteiger partial charge in [-0.25, -0.2) is 18.1 Å². The molecule has 2 rings (SSSR count). The lowest BCUT2D eigenvalue weighted by atomic mass is 10.1. The number of hydrogen-bond donors (Lipinski definition) is 2. The van der Waals surface area contributed by atoms with Crippen molar-refractivity contribution >= 4 is 15.8 Å². The van der Waals surface area contributed by atoms with Gasteiger partial charge in [-0.1, -0.05) is 0 Å². The van der Waals surface area contributed by atoms with Crippen molar-refractivity contribution in [2.75, 3.05) is 25.6 Å². The van der Waals surface area contributed by atoms with Crippen LogP contribution in [0.4, 0.5) is 5.82 Å². The number of nitrogens with zero attached hydrogens (tertiary/aromatic N) is 1. The molecule has 1 aromatic heterocycles. The monoisotopic (exact) mass is 271 g/mol. The number of rotatable bonds is 4. The number of ether oxygens (including phenoxy) is 1. The van der Waals surface area contributed by atoms with Crippen LogP contribution in [0.15, 0.2) is 23.2 Å². The summed E-state index contributed by atoms with van der Waals surface area (Å²) in [6.07, 6.45) is 3.16. The highest BCUT2D eigenvalue weighted by molar-refractivity contribution is 7.89. The summed E-state index contributed by atoms with van der Waals surface area (Å²) in [4.78, 5) is 4.21. The van der Waals surface area contributed by atoms with Gasteiger partial charge >= 0.3 is 0 Å². The van der Waals surface area contributed by atoms with E-state index in [2.05, 4.69) is 15.0 Å². The molecular weight excluding hydrogens is 254 g/mol. The highest BCUT2D eigenvalue weighted by Gasteiger charge is 2.22. The number of aromatic nitrogens is 1. The van der Waals surface area contributed by atoms with Crippen LogP contribution in [0.1, 0.15) is 12.8 Å². The molecule has 0 spiro atoms. The van der Waals surface area contributed by atoms with E-state index in [9.17, 15) is 8.42 Å². The van der Waals surface area contributed by atoms with Gasteiger partial charge in [-0.15, -0.1) is 0 Å². The fraction of sp³-hybridized carbons (Fsp3) is 0.545. The molecule has 7 heteroatoms. The molecule has 2 heterocycles. The largest absolute Gasteiger partial charge is 0.380 e. The van der Waals surface area contributed by atoms with Crippen molar-refractivity contribution < 1.29 is 13.2 Å². The molecule has 1 fully saturated rings. The minimum atomic E-state index is -3.50. The molecule has 0 aromatic carbocycles. The topological polar surface area (TPSA) is 80.3 Å². The molecule has 1 aliphatic rings. The molecule has 1 saturated heterocycles. The highest BCUT2D eigenvalue weighted by Crippen LogP contribution is 2.15. The minimum Gasteiger partial charge on any atom is -0.380 e. The van der Waals surface area contributed by atoms with E-state index in [4.69, 9.17) is 4.74 Å². The van der Waals surface area contributed by atoms with E-state index in [-0.39, 0.29) is 10.9 Å². The molecule has 0 amide bonds. The second kappa shape index (κ2) is 5.64. The standard InChI is InChI=1S/C11H17N3O3S/c1-12-11-7-10(4-5-13-11)18(15,16)14-9-3-2-6-17-8-9/h4-5,7,9,14H,2-3,6,8H2,1H3,(H,12,13). The molecule has 1 aliphatic heterocycles. The first kappa shape index (κ1) is 13.3. The molecule has 18 heavy (non-hydrogen) atoms. The maximum absolute atomic E-state index is 12.1. The normalized spacial score (nSPS) is 20.6. The van der Waals surface area contributed by atoms with Crippen molar-refractivity contribution in [1.82, 2.24) is 9.71 Å². The number of anilines is 1. The second-order valence-corrected chi connectivity index (χ2v) is 5.88. The minimum absolute atomic E-state index is 0.144. The van der Waals surface area contributed by atoms with Gasteiger partial charge in [0.1, 0.15) is 5.82 Å². The van der Waals surface area contributed by atoms with E-state index in [0.717, 1.165) is 12.8 Å². The van der Waals surface area contributed by atoms with Gasteiger partial charge in [-0.2, -0.15) is 0 Å². The molecule has 2 N–H and O–H groups in total. The van der Waals surface area contributed by atoms with E-state index < -0.39 is 10.0 Å². The smallest absolute Gasteiger partial charge is 0.241 e. The average molecular weight is 271 g/mol. The van der Waals surface area contributed by atoms with Gasteiger partial charge in [0.25, 0.3) is 0 Å². The third kappa shape index (κ3) is 3.18. The van der Waals surface area contributed by atoms with Crippen molar-refractivity contribution in [3.63, 3.8) is 0 Å². The fourth-order valence-electron chi connectivity index (χ4n) is 1.84. The molecule has 0 saturated carbocycles. The van der Waals surface area contributed by atoms with E-state index >= 15 is 0 Å². The van der Waals surface area contributed by atoms with Crippen LogP contribution in [0.25, 0.3) is 0 Å². The van der Waals surface area contributed by atoms with Crippen LogP contribution >= 0.6 is 0 Å². The Morgan fingerprint density at radius 3 is 3.00 bits per heavy atom. The van der Waals surface area contributed by atoms with Gasteiger partial charge in [0.2, 0.25) is 10.0 Å². The average Bonchev–Trinajstić information content (AvgIpc) is 2.39. The Morgan fingerprint density at radius 1 is 1.50 bits per heavy atom. The number of pyridine rings is 1. The summed E-state index contributed by atoms with van der Waals surface area (Å²) >= 11 is 0. The molecular formula is C11H17N3O3S. The predicted octanol–water partition coefficient (Wildman–Crippen LogP) is 0.581. The summed E-state index contributed by atoms with van der Waals surface area (Å²) in [5.74, 6) is 0.526. The molecule has 1 atom stereocenters. The van der Waals surface area contributed by atoms with Gasteiger partial charge in [-0.05, 0) is 18.9 Å². The molecule has 100 valence electrons. The van der Waals surface area contributed by atoms with E-state index in [0.29, 0.717) is 19.0 Å². The SMILES string of the molecule is CNc1cc(S(=O)(=O)NC2CCCOC2)ccn1. The van der Waals surface area contributed by atoms with Crippen LogP contribution in [-0.4, -0.2) is 39.7 Å². The zero-order chi connectivity index (χ0) is 13.0. The Hall–Kier alpha value is -1.18. The van der Waals surface area contributed by atoms with Gasteiger partial charge in [0, 0.05) is 32.0 Å². The quantitative estimate of drug-likeness (QED) is 0.837. The van der Waals surface area contributed by atoms with Crippen LogP contribution in [0.2, 0.25) is 0 Å². The molecule has 6 nitrogen and oxygen atoms in total. The third-order valence-electron chi connectivity index (χ3n) is 2.78. The molecule has 0 radical (unpaired) electrons. The van der Waals surface area contributed by atoms with Gasteiger partial charge in [0.15, 0.2) is 0 Å². The van der Waals surface area contributed by atoms with E-state index in [1.54, 1.807) is 7.05 Å². The molecule has 1 unspecified atom stereocenters. The molecule has 0 bridgehead atoms. The van der Waals surface area contributed by atoms with Crippen LogP contribution in [0, 0.1) is 0 Å². The van der Waals surface area contributed by atoms with Crippen molar-refractivity contribution in [3.8, 4) is 0 Å². The number of nitrogens with one attached hydrogen (secondary N) is 2. The molecule has 1 aromatic rings. The first-order valence-electron chi connectivity index (χ1n) is 5.86. The fourth-order valence-corrected chi connectivity index (χ4v) is 3.10. The highest BCUT2D eigenvalue weighted by atomic mass is 32.2. The number of hydrogen-bond acceptors (Lipinski definition) is 5. The van der Waals surface area contributed by atoms with Crippen molar-refractivity contribution in [2.45, 2.75) is 23.8 Å². The molecule has 0 aliphatic carbocycles. The first-order chi connectivity index (χ1) is 8.62. The van der Waals surface area contributed by atoms with Crippen LogP contribution in [0.3, 0.4) is 0 Å². The Labute approximate surface area is 107 Å². The maximum atomic E-state index is 12.1. The summed E-state index contributed by atoms with van der Waals surface area (Å²) < 4.78 is 32.2. The summed E-state index contributed by atoms with van der Waals surface area (Å²) in [6.45, 7) is 1.14. The summed E-state index contributed by atoms with van der Waals surface area (Å²) in [7, 11) is -1.81. The Balaban J connectivity index is 2.13. The van der Waals surface area contributed by atoms with E-state index in [1.807, 2.05) is 0 Å². The zero-order valence-corrected chi connectivity index (χ0v) is 11.0. The lowest BCUT2D eigenvalue weighted by Crippen LogP contribution is -2.40. The number of sulfonamides is 1. The van der Waals surface area contributed by atoms with Gasteiger partial charge in [0.05, 0.1) is 11.5 Å². The van der Waals surface area contributed by atoms with Crippen LogP contribution < -0.4 is 10.0 Å². The predicted molar refractivity (Wildman–Crippen MR) is 67.9 cm³/mol. The van der Waals surface area contributed by atoms with Crippen molar-refractivity contribution in [2.24, 2.45) is 0 Å². The Kier molecular flexibility index (Phi) is 4.15. The summed E-state index contributed by atoms with van der Waals surface area (Å²) in [5, 5.41) is 2.82. The Bertz CT molecular complexity index is 498. The summed E-state index contributed by atoms with van der Waals surface area (Å²) in [5.41, 5.74) is 0. The van der Waals surface area contributed by atoms with Crippen molar-refractivity contribution in [3.05, 3.63) is 18.3 Å². The lowest BCUT2D eigenvalue weighted by molar-refractivity contribution is 0.0774. The van der Waals surface area contributed by atoms with Crippen LogP contribution in [-0.2, 0) is 14.8 Å². The zero-order valence-electron chi connectivity index (χ0n) is 10.2.